The third-order valence-corrected chi connectivity index (χ3v) is 3.91. The molecule has 0 spiro atoms. The van der Waals surface area contributed by atoms with Crippen LogP contribution in [0.25, 0.3) is 6.08 Å². The van der Waals surface area contributed by atoms with Crippen molar-refractivity contribution in [3.05, 3.63) is 80.5 Å². The summed E-state index contributed by atoms with van der Waals surface area (Å²) in [6.45, 7) is 1.62. The molecule has 0 bridgehead atoms. The predicted octanol–water partition coefficient (Wildman–Crippen LogP) is 3.03. The van der Waals surface area contributed by atoms with E-state index in [-0.39, 0.29) is 17.3 Å². The van der Waals surface area contributed by atoms with E-state index in [9.17, 15) is 19.7 Å². The highest BCUT2D eigenvalue weighted by Crippen LogP contribution is 2.24. The molecule has 0 radical (unpaired) electrons. The molecule has 0 atom stereocenters. The van der Waals surface area contributed by atoms with E-state index in [1.54, 1.807) is 43.3 Å². The number of cyclic esters (lactones) is 1. The number of nitro benzene ring substituents is 1. The number of aryl methyl sites for hydroxylation is 1. The van der Waals surface area contributed by atoms with Crippen molar-refractivity contribution in [1.29, 1.82) is 0 Å². The number of rotatable bonds is 4. The van der Waals surface area contributed by atoms with Crippen molar-refractivity contribution in [3.63, 3.8) is 0 Å². The molecule has 2 aromatic rings. The summed E-state index contributed by atoms with van der Waals surface area (Å²) in [5.41, 5.74) is 1.82. The van der Waals surface area contributed by atoms with Crippen LogP contribution < -0.4 is 0 Å². The molecule has 0 fully saturated rings. The maximum absolute atomic E-state index is 12.1. The average molecular weight is 366 g/mol. The Morgan fingerprint density at radius 2 is 1.93 bits per heavy atom. The largest absolute Gasteiger partial charge is 0.465 e. The molecule has 27 heavy (non-hydrogen) atoms. The number of ether oxygens (including phenoxy) is 2. The molecule has 1 aliphatic heterocycles. The molecule has 1 heterocycles. The fraction of sp³-hybridized carbons (Fsp3) is 0.105. The van der Waals surface area contributed by atoms with E-state index < -0.39 is 16.9 Å². The summed E-state index contributed by atoms with van der Waals surface area (Å²) in [7, 11) is 1.29. The minimum Gasteiger partial charge on any atom is -0.465 e. The quantitative estimate of drug-likeness (QED) is 0.356. The second-order valence-electron chi connectivity index (χ2n) is 5.71. The number of aliphatic imine (C=N–C) groups is 1. The number of methoxy groups -OCH3 is 1. The van der Waals surface area contributed by atoms with E-state index in [1.165, 1.54) is 19.3 Å². The topological polar surface area (TPSA) is 108 Å². The molecule has 136 valence electrons. The van der Waals surface area contributed by atoms with E-state index in [0.29, 0.717) is 22.3 Å². The van der Waals surface area contributed by atoms with Crippen molar-refractivity contribution in [2.45, 2.75) is 6.92 Å². The van der Waals surface area contributed by atoms with E-state index in [0.717, 1.165) is 0 Å². The van der Waals surface area contributed by atoms with Crippen molar-refractivity contribution < 1.29 is 24.0 Å². The van der Waals surface area contributed by atoms with Gasteiger partial charge in [0.05, 0.1) is 17.6 Å². The van der Waals surface area contributed by atoms with Gasteiger partial charge < -0.3 is 9.47 Å². The summed E-state index contributed by atoms with van der Waals surface area (Å²) < 4.78 is 9.76. The zero-order valence-electron chi connectivity index (χ0n) is 14.5. The van der Waals surface area contributed by atoms with Crippen LogP contribution in [-0.2, 0) is 14.3 Å². The third-order valence-electron chi connectivity index (χ3n) is 3.91. The highest BCUT2D eigenvalue weighted by atomic mass is 16.6. The van der Waals surface area contributed by atoms with Crippen molar-refractivity contribution in [2.75, 3.05) is 7.11 Å². The summed E-state index contributed by atoms with van der Waals surface area (Å²) in [5, 5.41) is 11.1. The van der Waals surface area contributed by atoms with E-state index in [4.69, 9.17) is 4.74 Å². The van der Waals surface area contributed by atoms with E-state index >= 15 is 0 Å². The second kappa shape index (κ2) is 7.20. The molecule has 2 aromatic carbocycles. The maximum Gasteiger partial charge on any atom is 0.363 e. The molecule has 0 unspecified atom stereocenters. The number of carbonyl (C=O) groups excluding carboxylic acids is 2. The fourth-order valence-electron chi connectivity index (χ4n) is 2.46. The van der Waals surface area contributed by atoms with Gasteiger partial charge in [0.15, 0.2) is 5.70 Å². The molecule has 1 aliphatic rings. The zero-order chi connectivity index (χ0) is 19.6. The van der Waals surface area contributed by atoms with Gasteiger partial charge in [-0.1, -0.05) is 18.2 Å². The van der Waals surface area contributed by atoms with Gasteiger partial charge >= 0.3 is 11.9 Å². The van der Waals surface area contributed by atoms with Crippen molar-refractivity contribution in [2.24, 2.45) is 4.99 Å². The molecule has 0 saturated carbocycles. The Hall–Kier alpha value is -3.81. The van der Waals surface area contributed by atoms with Gasteiger partial charge in [-0.05, 0) is 36.8 Å². The first-order valence-electron chi connectivity index (χ1n) is 7.85. The lowest BCUT2D eigenvalue weighted by Crippen LogP contribution is -2.06. The first-order valence-corrected chi connectivity index (χ1v) is 7.85. The van der Waals surface area contributed by atoms with Gasteiger partial charge in [0.2, 0.25) is 5.90 Å². The summed E-state index contributed by atoms with van der Waals surface area (Å²) in [5.74, 6) is -1.12. The lowest BCUT2D eigenvalue weighted by Gasteiger charge is -2.01. The minimum absolute atomic E-state index is 0.000492. The summed E-state index contributed by atoms with van der Waals surface area (Å²) in [6.07, 6.45) is 1.50. The molecular weight excluding hydrogens is 352 g/mol. The van der Waals surface area contributed by atoms with Crippen LogP contribution >= 0.6 is 0 Å². The van der Waals surface area contributed by atoms with Crippen LogP contribution in [0.15, 0.2) is 53.2 Å². The number of benzene rings is 2. The first-order chi connectivity index (χ1) is 12.9. The van der Waals surface area contributed by atoms with Gasteiger partial charge in [-0.2, -0.15) is 0 Å². The standard InChI is InChI=1S/C19H14N2O6/c1-11-3-6-14(10-16(11)21(24)25)17-20-15(19(23)27-17)9-12-4-7-13(8-5-12)18(22)26-2/h3-10H,1-2H3. The van der Waals surface area contributed by atoms with Gasteiger partial charge in [0.25, 0.3) is 5.69 Å². The number of carbonyl (C=O) groups is 2. The van der Waals surface area contributed by atoms with Gasteiger partial charge in [-0.15, -0.1) is 0 Å². The number of nitrogens with zero attached hydrogens (tertiary/aromatic N) is 2. The Morgan fingerprint density at radius 3 is 2.56 bits per heavy atom. The van der Waals surface area contributed by atoms with Crippen molar-refractivity contribution in [1.82, 2.24) is 0 Å². The third kappa shape index (κ3) is 3.74. The van der Waals surface area contributed by atoms with Crippen LogP contribution in [0.4, 0.5) is 5.69 Å². The van der Waals surface area contributed by atoms with Gasteiger partial charge in [0, 0.05) is 17.2 Å². The molecule has 8 heteroatoms. The number of esters is 2. The van der Waals surface area contributed by atoms with E-state index in [1.807, 2.05) is 0 Å². The van der Waals surface area contributed by atoms with Crippen LogP contribution in [-0.4, -0.2) is 29.9 Å². The Kier molecular flexibility index (Phi) is 4.80. The zero-order valence-corrected chi connectivity index (χ0v) is 14.5. The highest BCUT2D eigenvalue weighted by Gasteiger charge is 2.25. The second-order valence-corrected chi connectivity index (χ2v) is 5.71. The molecule has 0 N–H and O–H groups in total. The summed E-state index contributed by atoms with van der Waals surface area (Å²) in [4.78, 5) is 38.2. The van der Waals surface area contributed by atoms with Crippen LogP contribution in [0.2, 0.25) is 0 Å². The molecule has 0 saturated heterocycles. The molecule has 8 nitrogen and oxygen atoms in total. The van der Waals surface area contributed by atoms with Crippen molar-refractivity contribution in [3.8, 4) is 0 Å². The smallest absolute Gasteiger partial charge is 0.363 e. The van der Waals surface area contributed by atoms with Crippen LogP contribution in [0.1, 0.15) is 27.0 Å². The van der Waals surface area contributed by atoms with Gasteiger partial charge in [-0.3, -0.25) is 10.1 Å². The van der Waals surface area contributed by atoms with Crippen LogP contribution in [0.3, 0.4) is 0 Å². The fourth-order valence-corrected chi connectivity index (χ4v) is 2.46. The van der Waals surface area contributed by atoms with Gasteiger partial charge in [0.1, 0.15) is 0 Å². The molecule has 0 aliphatic carbocycles. The Bertz CT molecular complexity index is 1010. The van der Waals surface area contributed by atoms with E-state index in [2.05, 4.69) is 9.73 Å². The monoisotopic (exact) mass is 366 g/mol. The van der Waals surface area contributed by atoms with Crippen molar-refractivity contribution >= 4 is 29.6 Å². The summed E-state index contributed by atoms with van der Waals surface area (Å²) >= 11 is 0. The molecule has 0 aromatic heterocycles. The normalized spacial score (nSPS) is 14.7. The van der Waals surface area contributed by atoms with Crippen LogP contribution in [0.5, 0.6) is 0 Å². The maximum atomic E-state index is 12.1. The molecular formula is C19H14N2O6. The Balaban J connectivity index is 1.90. The molecule has 0 amide bonds. The predicted molar refractivity (Wildman–Crippen MR) is 96.2 cm³/mol. The Morgan fingerprint density at radius 1 is 1.22 bits per heavy atom. The number of hydrogen-bond acceptors (Lipinski definition) is 7. The lowest BCUT2D eigenvalue weighted by molar-refractivity contribution is -0.385. The van der Waals surface area contributed by atoms with Gasteiger partial charge in [-0.25, -0.2) is 14.6 Å². The number of hydrogen-bond donors (Lipinski definition) is 0. The summed E-state index contributed by atoms with van der Waals surface area (Å²) in [6, 6.07) is 10.9. The Labute approximate surface area is 153 Å². The first kappa shape index (κ1) is 18.0. The average Bonchev–Trinajstić information content (AvgIpc) is 3.02. The molecule has 3 rings (SSSR count). The highest BCUT2D eigenvalue weighted by molar-refractivity contribution is 6.13. The van der Waals surface area contributed by atoms with Crippen LogP contribution in [0, 0.1) is 17.0 Å². The lowest BCUT2D eigenvalue weighted by atomic mass is 10.1. The minimum atomic E-state index is -0.662. The SMILES string of the molecule is COC(=O)c1ccc(C=C2N=C(c3ccc(C)c([N+](=O)[O-])c3)OC2=O)cc1. The number of nitro groups is 1.